The fourth-order valence-corrected chi connectivity index (χ4v) is 2.60. The van der Waals surface area contributed by atoms with Crippen molar-refractivity contribution in [2.24, 2.45) is 0 Å². The summed E-state index contributed by atoms with van der Waals surface area (Å²) in [5.74, 6) is 1.39. The van der Waals surface area contributed by atoms with E-state index < -0.39 is 6.10 Å². The monoisotopic (exact) mass is 289 g/mol. The second kappa shape index (κ2) is 6.18. The summed E-state index contributed by atoms with van der Waals surface area (Å²) in [6.07, 6.45) is 5.21. The summed E-state index contributed by atoms with van der Waals surface area (Å²) >= 11 is 0. The zero-order chi connectivity index (χ0) is 14.7. The lowest BCUT2D eigenvalue weighted by molar-refractivity contribution is -0.125. The number of fused-ring (bicyclic) bond motifs is 1. The van der Waals surface area contributed by atoms with Crippen molar-refractivity contribution in [3.63, 3.8) is 0 Å². The van der Waals surface area contributed by atoms with Crippen LogP contribution in [0.2, 0.25) is 0 Å². The number of likely N-dealkylation sites (tertiary alicyclic amines) is 1. The van der Waals surface area contributed by atoms with Crippen molar-refractivity contribution < 1.29 is 19.4 Å². The van der Waals surface area contributed by atoms with E-state index in [-0.39, 0.29) is 12.7 Å². The van der Waals surface area contributed by atoms with Gasteiger partial charge in [0.2, 0.25) is 12.7 Å². The van der Waals surface area contributed by atoms with Gasteiger partial charge < -0.3 is 19.5 Å². The number of ether oxygens (including phenoxy) is 2. The Hall–Kier alpha value is -2.01. The number of hydrogen-bond acceptors (Lipinski definition) is 4. The van der Waals surface area contributed by atoms with Crippen molar-refractivity contribution in [3.05, 3.63) is 35.9 Å². The van der Waals surface area contributed by atoms with E-state index >= 15 is 0 Å². The van der Waals surface area contributed by atoms with Crippen LogP contribution >= 0.6 is 0 Å². The molecule has 2 aliphatic rings. The molecular formula is C16H19NO4. The van der Waals surface area contributed by atoms with E-state index in [1.807, 2.05) is 11.0 Å². The smallest absolute Gasteiger partial charge is 0.246 e. The number of carbonyl (C=O) groups excluding carboxylic acids is 1. The van der Waals surface area contributed by atoms with Crippen LogP contribution in [0.25, 0.3) is 0 Å². The molecule has 112 valence electrons. The average molecular weight is 289 g/mol. The third-order valence-electron chi connectivity index (χ3n) is 3.82. The lowest BCUT2D eigenvalue weighted by Crippen LogP contribution is -2.25. The van der Waals surface area contributed by atoms with Crippen LogP contribution in [0, 0.1) is 0 Å². The Labute approximate surface area is 123 Å². The largest absolute Gasteiger partial charge is 0.454 e. The molecular weight excluding hydrogens is 270 g/mol. The number of nitrogens with zero attached hydrogens (tertiary/aromatic N) is 1. The fraction of sp³-hybridized carbons (Fsp3) is 0.438. The Morgan fingerprint density at radius 1 is 1.29 bits per heavy atom. The summed E-state index contributed by atoms with van der Waals surface area (Å²) in [5, 5.41) is 10.2. The van der Waals surface area contributed by atoms with Crippen molar-refractivity contribution in [1.29, 1.82) is 0 Å². The Morgan fingerprint density at radius 2 is 2.05 bits per heavy atom. The number of rotatable bonds is 4. The molecule has 0 saturated carbocycles. The fourth-order valence-electron chi connectivity index (χ4n) is 2.60. The highest BCUT2D eigenvalue weighted by Gasteiger charge is 2.17. The number of benzene rings is 1. The SMILES string of the molecule is O=C(/C=C/CC(O)c1ccc2c(c1)OCO2)N1CCCC1. The van der Waals surface area contributed by atoms with Crippen LogP contribution in [-0.4, -0.2) is 35.8 Å². The zero-order valence-electron chi connectivity index (χ0n) is 11.8. The molecule has 1 saturated heterocycles. The maximum Gasteiger partial charge on any atom is 0.246 e. The Morgan fingerprint density at radius 3 is 2.86 bits per heavy atom. The Balaban J connectivity index is 1.56. The molecule has 1 N–H and O–H groups in total. The van der Waals surface area contributed by atoms with Crippen LogP contribution in [0.3, 0.4) is 0 Å². The van der Waals surface area contributed by atoms with E-state index in [1.165, 1.54) is 0 Å². The molecule has 1 unspecified atom stereocenters. The molecule has 0 bridgehead atoms. The van der Waals surface area contributed by atoms with Gasteiger partial charge in [0, 0.05) is 13.1 Å². The topological polar surface area (TPSA) is 59.0 Å². The molecule has 5 heteroatoms. The molecule has 1 aromatic carbocycles. The highest BCUT2D eigenvalue weighted by atomic mass is 16.7. The first-order chi connectivity index (χ1) is 10.2. The summed E-state index contributed by atoms with van der Waals surface area (Å²) in [7, 11) is 0. The average Bonchev–Trinajstić information content (AvgIpc) is 3.17. The molecule has 1 aromatic rings. The molecule has 1 fully saturated rings. The van der Waals surface area contributed by atoms with Gasteiger partial charge in [0.05, 0.1) is 6.10 Å². The second-order valence-electron chi connectivity index (χ2n) is 5.30. The highest BCUT2D eigenvalue weighted by Crippen LogP contribution is 2.34. The molecule has 2 aliphatic heterocycles. The number of amides is 1. The van der Waals surface area contributed by atoms with Gasteiger partial charge in [-0.1, -0.05) is 12.1 Å². The van der Waals surface area contributed by atoms with E-state index in [0.29, 0.717) is 17.9 Å². The normalized spacial score (nSPS) is 18.4. The third kappa shape index (κ3) is 3.19. The molecule has 1 amide bonds. The minimum Gasteiger partial charge on any atom is -0.454 e. The van der Waals surface area contributed by atoms with Gasteiger partial charge in [-0.25, -0.2) is 0 Å². The molecule has 0 aromatic heterocycles. The summed E-state index contributed by atoms with van der Waals surface area (Å²) in [6, 6.07) is 5.39. The first kappa shape index (κ1) is 13.9. The number of aliphatic hydroxyl groups is 1. The quantitative estimate of drug-likeness (QED) is 0.862. The van der Waals surface area contributed by atoms with E-state index in [1.54, 1.807) is 24.3 Å². The third-order valence-corrected chi connectivity index (χ3v) is 3.82. The minimum atomic E-state index is -0.651. The molecule has 21 heavy (non-hydrogen) atoms. The maximum atomic E-state index is 11.8. The molecule has 3 rings (SSSR count). The maximum absolute atomic E-state index is 11.8. The van der Waals surface area contributed by atoms with Gasteiger partial charge in [0.25, 0.3) is 0 Å². The van der Waals surface area contributed by atoms with Gasteiger partial charge in [0.1, 0.15) is 0 Å². The predicted molar refractivity (Wildman–Crippen MR) is 77.1 cm³/mol. The van der Waals surface area contributed by atoms with Crippen molar-refractivity contribution in [2.45, 2.75) is 25.4 Å². The van der Waals surface area contributed by atoms with Gasteiger partial charge >= 0.3 is 0 Å². The lowest BCUT2D eigenvalue weighted by atomic mass is 10.1. The standard InChI is InChI=1S/C16H19NO4/c18-13(4-3-5-16(19)17-8-1-2-9-17)12-6-7-14-15(10-12)21-11-20-14/h3,5-7,10,13,18H,1-2,4,8-9,11H2/b5-3+. The summed E-state index contributed by atoms with van der Waals surface area (Å²) in [6.45, 7) is 1.90. The molecule has 5 nitrogen and oxygen atoms in total. The highest BCUT2D eigenvalue weighted by molar-refractivity contribution is 5.87. The predicted octanol–water partition coefficient (Wildman–Crippen LogP) is 2.02. The van der Waals surface area contributed by atoms with Crippen LogP contribution in [0.5, 0.6) is 11.5 Å². The molecule has 0 aliphatic carbocycles. The van der Waals surface area contributed by atoms with Crippen LogP contribution in [0.4, 0.5) is 0 Å². The van der Waals surface area contributed by atoms with E-state index in [2.05, 4.69) is 0 Å². The molecule has 0 spiro atoms. The van der Waals surface area contributed by atoms with Crippen LogP contribution in [0.15, 0.2) is 30.4 Å². The first-order valence-electron chi connectivity index (χ1n) is 7.27. The second-order valence-corrected chi connectivity index (χ2v) is 5.30. The van der Waals surface area contributed by atoms with Crippen molar-refractivity contribution >= 4 is 5.91 Å². The summed E-state index contributed by atoms with van der Waals surface area (Å²) < 4.78 is 10.5. The zero-order valence-corrected chi connectivity index (χ0v) is 11.8. The number of aliphatic hydroxyl groups excluding tert-OH is 1. The number of hydrogen-bond donors (Lipinski definition) is 1. The first-order valence-corrected chi connectivity index (χ1v) is 7.27. The molecule has 1 atom stereocenters. The van der Waals surface area contributed by atoms with Gasteiger partial charge in [-0.3, -0.25) is 4.79 Å². The summed E-state index contributed by atoms with van der Waals surface area (Å²) in [5.41, 5.74) is 0.762. The van der Waals surface area contributed by atoms with Gasteiger partial charge in [-0.05, 0) is 43.0 Å². The van der Waals surface area contributed by atoms with E-state index in [9.17, 15) is 9.90 Å². The summed E-state index contributed by atoms with van der Waals surface area (Å²) in [4.78, 5) is 13.7. The van der Waals surface area contributed by atoms with Gasteiger partial charge in [0.15, 0.2) is 11.5 Å². The van der Waals surface area contributed by atoms with Crippen molar-refractivity contribution in [1.82, 2.24) is 4.90 Å². The molecule has 2 heterocycles. The van der Waals surface area contributed by atoms with Crippen molar-refractivity contribution in [2.75, 3.05) is 19.9 Å². The van der Waals surface area contributed by atoms with Crippen LogP contribution in [0.1, 0.15) is 30.9 Å². The Bertz CT molecular complexity index is 549. The van der Waals surface area contributed by atoms with E-state index in [4.69, 9.17) is 9.47 Å². The Kier molecular flexibility index (Phi) is 4.10. The van der Waals surface area contributed by atoms with Crippen LogP contribution < -0.4 is 9.47 Å². The molecule has 0 radical (unpaired) electrons. The number of carbonyl (C=O) groups is 1. The van der Waals surface area contributed by atoms with Gasteiger partial charge in [-0.15, -0.1) is 0 Å². The van der Waals surface area contributed by atoms with Gasteiger partial charge in [-0.2, -0.15) is 0 Å². The van der Waals surface area contributed by atoms with Crippen LogP contribution in [-0.2, 0) is 4.79 Å². The van der Waals surface area contributed by atoms with E-state index in [0.717, 1.165) is 31.5 Å². The minimum absolute atomic E-state index is 0.0328. The van der Waals surface area contributed by atoms with Crippen molar-refractivity contribution in [3.8, 4) is 11.5 Å². The lowest BCUT2D eigenvalue weighted by Gasteiger charge is -2.12.